The van der Waals surface area contributed by atoms with Crippen LogP contribution in [0.1, 0.15) is 0 Å². The van der Waals surface area contributed by atoms with Gasteiger partial charge in [0.15, 0.2) is 0 Å². The normalized spacial score (nSPS) is 9.71. The van der Waals surface area contributed by atoms with E-state index < -0.39 is 0 Å². The van der Waals surface area contributed by atoms with E-state index in [2.05, 4.69) is 4.98 Å². The molecule has 0 N–H and O–H groups in total. The van der Waals surface area contributed by atoms with Crippen LogP contribution in [0.25, 0.3) is 0 Å². The van der Waals surface area contributed by atoms with Crippen LogP contribution in [0.5, 0.6) is 11.5 Å². The number of hydrogen-bond donors (Lipinski definition) is 0. The first-order valence-electron chi connectivity index (χ1n) is 4.28. The Kier molecular flexibility index (Phi) is 2.50. The van der Waals surface area contributed by atoms with Crippen LogP contribution in [-0.4, -0.2) is 12.8 Å². The number of aromatic nitrogens is 1. The Morgan fingerprint density at radius 2 is 1.79 bits per heavy atom. The second-order valence-corrected chi connectivity index (χ2v) is 2.86. The van der Waals surface area contributed by atoms with E-state index in [1.165, 1.54) is 0 Å². The summed E-state index contributed by atoms with van der Waals surface area (Å²) in [6.07, 6.45) is 3.37. The average molecular weight is 181 g/mol. The smallest absolute Gasteiger partial charge is 0.145 e. The third kappa shape index (κ3) is 2.13. The maximum absolute atomic E-state index is 5.55. The van der Waals surface area contributed by atoms with Crippen molar-refractivity contribution in [2.75, 3.05) is 0 Å². The molecule has 0 atom stereocenters. The third-order valence-electron chi connectivity index (χ3n) is 1.75. The molecule has 0 amide bonds. The predicted octanol–water partition coefficient (Wildman–Crippen LogP) is 1.67. The summed E-state index contributed by atoms with van der Waals surface area (Å²) in [5, 5.41) is 0. The molecule has 0 fully saturated rings. The highest BCUT2D eigenvalue weighted by molar-refractivity contribution is 6.32. The Hall–Kier alpha value is -1.77. The summed E-state index contributed by atoms with van der Waals surface area (Å²) < 4.78 is 5.52. The standard InChI is InChI=1S/C11H8BNO/c12-9-3-5-10(6-4-9)14-11-2-1-7-13-8-11/h1-8H. The second-order valence-electron chi connectivity index (χ2n) is 2.86. The Morgan fingerprint density at radius 1 is 1.00 bits per heavy atom. The second kappa shape index (κ2) is 3.96. The highest BCUT2D eigenvalue weighted by Gasteiger charge is 1.94. The lowest BCUT2D eigenvalue weighted by Crippen LogP contribution is -1.99. The van der Waals surface area contributed by atoms with E-state index in [0.717, 1.165) is 17.0 Å². The van der Waals surface area contributed by atoms with Gasteiger partial charge in [0.1, 0.15) is 19.3 Å². The molecule has 0 saturated carbocycles. The van der Waals surface area contributed by atoms with E-state index >= 15 is 0 Å². The topological polar surface area (TPSA) is 22.1 Å². The highest BCUT2D eigenvalue weighted by Crippen LogP contribution is 2.18. The van der Waals surface area contributed by atoms with Gasteiger partial charge in [-0.15, -0.1) is 0 Å². The van der Waals surface area contributed by atoms with Gasteiger partial charge in [-0.3, -0.25) is 4.98 Å². The Morgan fingerprint density at radius 3 is 2.43 bits per heavy atom. The fourth-order valence-corrected chi connectivity index (χ4v) is 1.08. The molecule has 2 radical (unpaired) electrons. The fraction of sp³-hybridized carbons (Fsp3) is 0. The molecule has 0 aliphatic heterocycles. The van der Waals surface area contributed by atoms with Gasteiger partial charge in [-0.2, -0.15) is 0 Å². The number of hydrogen-bond acceptors (Lipinski definition) is 2. The molecule has 1 aromatic heterocycles. The minimum Gasteiger partial charge on any atom is -0.456 e. The molecule has 1 aromatic carbocycles. The van der Waals surface area contributed by atoms with E-state index in [9.17, 15) is 0 Å². The van der Waals surface area contributed by atoms with Gasteiger partial charge >= 0.3 is 0 Å². The molecule has 0 spiro atoms. The van der Waals surface area contributed by atoms with Crippen molar-refractivity contribution in [3.63, 3.8) is 0 Å². The molecule has 0 aliphatic rings. The molecule has 0 bridgehead atoms. The van der Waals surface area contributed by atoms with E-state index in [0.29, 0.717) is 0 Å². The number of rotatable bonds is 2. The van der Waals surface area contributed by atoms with Crippen molar-refractivity contribution in [3.05, 3.63) is 48.8 Å². The highest BCUT2D eigenvalue weighted by atomic mass is 16.5. The third-order valence-corrected chi connectivity index (χ3v) is 1.75. The van der Waals surface area contributed by atoms with E-state index in [1.807, 2.05) is 24.3 Å². The van der Waals surface area contributed by atoms with Gasteiger partial charge in [0, 0.05) is 6.20 Å². The van der Waals surface area contributed by atoms with Gasteiger partial charge in [-0.05, 0) is 24.3 Å². The van der Waals surface area contributed by atoms with Gasteiger partial charge in [-0.25, -0.2) is 0 Å². The SMILES string of the molecule is [B]c1ccc(Oc2cccnc2)cc1. The van der Waals surface area contributed by atoms with Gasteiger partial charge in [0.25, 0.3) is 0 Å². The van der Waals surface area contributed by atoms with E-state index in [4.69, 9.17) is 12.6 Å². The summed E-state index contributed by atoms with van der Waals surface area (Å²) in [6, 6.07) is 10.9. The number of nitrogens with zero attached hydrogens (tertiary/aromatic N) is 1. The van der Waals surface area contributed by atoms with E-state index in [1.54, 1.807) is 24.5 Å². The maximum Gasteiger partial charge on any atom is 0.145 e. The molecule has 0 unspecified atom stereocenters. The van der Waals surface area contributed by atoms with Gasteiger partial charge < -0.3 is 4.74 Å². The van der Waals surface area contributed by atoms with Crippen LogP contribution < -0.4 is 10.2 Å². The minimum atomic E-state index is 0.720. The van der Waals surface area contributed by atoms with Crippen LogP contribution in [0, 0.1) is 0 Å². The van der Waals surface area contributed by atoms with Crippen molar-refractivity contribution in [3.8, 4) is 11.5 Å². The van der Waals surface area contributed by atoms with Crippen LogP contribution in [0.3, 0.4) is 0 Å². The van der Waals surface area contributed by atoms with Crippen LogP contribution in [-0.2, 0) is 0 Å². The summed E-state index contributed by atoms with van der Waals surface area (Å²) in [5.74, 6) is 1.48. The molecule has 3 heteroatoms. The van der Waals surface area contributed by atoms with Crippen LogP contribution in [0.4, 0.5) is 0 Å². The number of benzene rings is 1. The molecule has 14 heavy (non-hydrogen) atoms. The van der Waals surface area contributed by atoms with Crippen LogP contribution >= 0.6 is 0 Å². The molecule has 1 heterocycles. The van der Waals surface area contributed by atoms with Crippen molar-refractivity contribution >= 4 is 13.3 Å². The van der Waals surface area contributed by atoms with Crippen molar-refractivity contribution < 1.29 is 4.74 Å². The lowest BCUT2D eigenvalue weighted by atomic mass is 9.97. The molecular formula is C11H8BNO. The Labute approximate surface area is 84.0 Å². The van der Waals surface area contributed by atoms with Crippen molar-refractivity contribution in [2.45, 2.75) is 0 Å². The molecule has 2 rings (SSSR count). The molecule has 2 nitrogen and oxygen atoms in total. The largest absolute Gasteiger partial charge is 0.456 e. The zero-order valence-electron chi connectivity index (χ0n) is 7.55. The zero-order chi connectivity index (χ0) is 9.80. The maximum atomic E-state index is 5.55. The predicted molar refractivity (Wildman–Crippen MR) is 56.1 cm³/mol. The van der Waals surface area contributed by atoms with Crippen molar-refractivity contribution in [2.24, 2.45) is 0 Å². The summed E-state index contributed by atoms with van der Waals surface area (Å²) in [7, 11) is 5.55. The Balaban J connectivity index is 2.16. The van der Waals surface area contributed by atoms with E-state index in [-0.39, 0.29) is 0 Å². The summed E-state index contributed by atoms with van der Waals surface area (Å²) in [4.78, 5) is 3.95. The van der Waals surface area contributed by atoms with Gasteiger partial charge in [0.05, 0.1) is 6.20 Å². The summed E-state index contributed by atoms with van der Waals surface area (Å²) in [5.41, 5.74) is 0.725. The first kappa shape index (κ1) is 8.82. The first-order valence-corrected chi connectivity index (χ1v) is 4.28. The lowest BCUT2D eigenvalue weighted by molar-refractivity contribution is 0.480. The molecule has 0 saturated heterocycles. The average Bonchev–Trinajstić information content (AvgIpc) is 2.23. The monoisotopic (exact) mass is 181 g/mol. The molecule has 2 aromatic rings. The zero-order valence-corrected chi connectivity index (χ0v) is 7.55. The number of ether oxygens (including phenoxy) is 1. The molecule has 0 aliphatic carbocycles. The van der Waals surface area contributed by atoms with Crippen LogP contribution in [0.15, 0.2) is 48.8 Å². The molecular weight excluding hydrogens is 173 g/mol. The Bertz CT molecular complexity index is 399. The number of pyridine rings is 1. The fourth-order valence-electron chi connectivity index (χ4n) is 1.08. The van der Waals surface area contributed by atoms with Gasteiger partial charge in [-0.1, -0.05) is 17.6 Å². The minimum absolute atomic E-state index is 0.720. The van der Waals surface area contributed by atoms with Crippen LogP contribution in [0.2, 0.25) is 0 Å². The van der Waals surface area contributed by atoms with Crippen molar-refractivity contribution in [1.82, 2.24) is 4.98 Å². The lowest BCUT2D eigenvalue weighted by Gasteiger charge is -2.04. The quantitative estimate of drug-likeness (QED) is 0.657. The van der Waals surface area contributed by atoms with Crippen molar-refractivity contribution in [1.29, 1.82) is 0 Å². The first-order chi connectivity index (χ1) is 6.84. The summed E-state index contributed by atoms with van der Waals surface area (Å²) in [6.45, 7) is 0. The summed E-state index contributed by atoms with van der Waals surface area (Å²) >= 11 is 0. The van der Waals surface area contributed by atoms with Gasteiger partial charge in [0.2, 0.25) is 0 Å². The molecule has 66 valence electrons.